The Hall–Kier alpha value is -1.03. The predicted octanol–water partition coefficient (Wildman–Crippen LogP) is 3.74. The number of benzene rings is 1. The van der Waals surface area contributed by atoms with Crippen molar-refractivity contribution in [3.8, 4) is 11.3 Å². The molecule has 1 aromatic carbocycles. The minimum atomic E-state index is -0.231. The van der Waals surface area contributed by atoms with Gasteiger partial charge in [-0.1, -0.05) is 29.3 Å². The molecule has 0 saturated heterocycles. The Labute approximate surface area is 113 Å². The number of carbonyl (C=O) groups is 1. The summed E-state index contributed by atoms with van der Waals surface area (Å²) in [5.41, 5.74) is 1.43. The van der Waals surface area contributed by atoms with Crippen molar-refractivity contribution >= 4 is 40.7 Å². The van der Waals surface area contributed by atoms with E-state index in [1.807, 2.05) is 0 Å². The normalized spacial score (nSPS) is 10.5. The van der Waals surface area contributed by atoms with Crippen molar-refractivity contribution in [1.29, 1.82) is 0 Å². The first kappa shape index (κ1) is 12.4. The lowest BCUT2D eigenvalue weighted by atomic mass is 10.2. The second-order valence-corrected chi connectivity index (χ2v) is 4.40. The number of halogens is 3. The molecule has 2 aromatic rings. The summed E-state index contributed by atoms with van der Waals surface area (Å²) >= 11 is 17.2. The molecule has 0 spiro atoms. The van der Waals surface area contributed by atoms with Crippen molar-refractivity contribution in [3.05, 3.63) is 40.8 Å². The maximum absolute atomic E-state index is 11.3. The summed E-state index contributed by atoms with van der Waals surface area (Å²) in [5.74, 6) is -0.317. The summed E-state index contributed by atoms with van der Waals surface area (Å²) in [7, 11) is 0. The third kappa shape index (κ3) is 2.63. The van der Waals surface area contributed by atoms with Crippen LogP contribution in [-0.4, -0.2) is 21.3 Å². The molecule has 3 nitrogen and oxygen atoms in total. The van der Waals surface area contributed by atoms with E-state index in [-0.39, 0.29) is 11.8 Å². The summed E-state index contributed by atoms with van der Waals surface area (Å²) in [5, 5.41) is 0.925. The number of nitrogens with zero attached hydrogens (tertiary/aromatic N) is 2. The highest BCUT2D eigenvalue weighted by molar-refractivity contribution is 6.42. The van der Waals surface area contributed by atoms with Gasteiger partial charge in [0.15, 0.2) is 0 Å². The first-order chi connectivity index (χ1) is 8.11. The first-order valence-corrected chi connectivity index (χ1v) is 5.99. The lowest BCUT2D eigenvalue weighted by Crippen LogP contribution is -2.08. The van der Waals surface area contributed by atoms with Crippen molar-refractivity contribution in [1.82, 2.24) is 9.55 Å². The van der Waals surface area contributed by atoms with Gasteiger partial charge in [0.05, 0.1) is 15.7 Å². The average Bonchev–Trinajstić information content (AvgIpc) is 2.81. The number of hydrogen-bond acceptors (Lipinski definition) is 2. The van der Waals surface area contributed by atoms with E-state index in [2.05, 4.69) is 4.98 Å². The van der Waals surface area contributed by atoms with Gasteiger partial charge in [-0.25, -0.2) is 4.98 Å². The molecule has 6 heteroatoms. The quantitative estimate of drug-likeness (QED) is 0.790. The highest BCUT2D eigenvalue weighted by atomic mass is 35.5. The van der Waals surface area contributed by atoms with Crippen LogP contribution in [0, 0.1) is 0 Å². The largest absolute Gasteiger partial charge is 0.275 e. The minimum absolute atomic E-state index is 0.0861. The molecule has 1 aromatic heterocycles. The molecular weight excluding hydrogens is 282 g/mol. The number of imidazole rings is 1. The van der Waals surface area contributed by atoms with Crippen LogP contribution >= 0.6 is 34.8 Å². The fraction of sp³-hybridized carbons (Fsp3) is 0.0909. The molecule has 1 heterocycles. The first-order valence-electron chi connectivity index (χ1n) is 4.70. The van der Waals surface area contributed by atoms with Gasteiger partial charge in [0.1, 0.15) is 12.2 Å². The van der Waals surface area contributed by atoms with E-state index in [9.17, 15) is 4.79 Å². The van der Waals surface area contributed by atoms with Gasteiger partial charge in [-0.15, -0.1) is 11.6 Å². The smallest absolute Gasteiger partial charge is 0.246 e. The van der Waals surface area contributed by atoms with Gasteiger partial charge in [-0.3, -0.25) is 9.36 Å². The van der Waals surface area contributed by atoms with Gasteiger partial charge in [-0.2, -0.15) is 0 Å². The van der Waals surface area contributed by atoms with Crippen LogP contribution in [0.5, 0.6) is 0 Å². The van der Waals surface area contributed by atoms with Crippen molar-refractivity contribution < 1.29 is 4.79 Å². The molecule has 0 N–H and O–H groups in total. The maximum atomic E-state index is 11.3. The highest BCUT2D eigenvalue weighted by Gasteiger charge is 2.08. The molecule has 0 radical (unpaired) electrons. The summed E-state index contributed by atoms with van der Waals surface area (Å²) in [6.07, 6.45) is 3.02. The van der Waals surface area contributed by atoms with Gasteiger partial charge in [0.25, 0.3) is 0 Å². The number of hydrogen-bond donors (Lipinski definition) is 0. The van der Waals surface area contributed by atoms with E-state index in [1.54, 1.807) is 24.4 Å². The highest BCUT2D eigenvalue weighted by Crippen LogP contribution is 2.27. The molecule has 17 heavy (non-hydrogen) atoms. The molecule has 0 aliphatic heterocycles. The Morgan fingerprint density at radius 1 is 1.29 bits per heavy atom. The van der Waals surface area contributed by atoms with Gasteiger partial charge in [0.2, 0.25) is 5.91 Å². The lowest BCUT2D eigenvalue weighted by Gasteiger charge is -1.99. The molecule has 0 atom stereocenters. The third-order valence-electron chi connectivity index (χ3n) is 2.20. The molecule has 0 aliphatic rings. The minimum Gasteiger partial charge on any atom is -0.275 e. The Bertz CT molecular complexity index is 566. The van der Waals surface area contributed by atoms with Crippen molar-refractivity contribution in [2.45, 2.75) is 0 Å². The van der Waals surface area contributed by atoms with E-state index >= 15 is 0 Å². The van der Waals surface area contributed by atoms with Gasteiger partial charge in [-0.05, 0) is 12.1 Å². The van der Waals surface area contributed by atoms with Crippen LogP contribution in [0.1, 0.15) is 4.79 Å². The molecule has 88 valence electrons. The molecule has 0 bridgehead atoms. The number of aromatic nitrogens is 2. The Kier molecular flexibility index (Phi) is 3.72. The second-order valence-electron chi connectivity index (χ2n) is 3.32. The van der Waals surface area contributed by atoms with Crippen LogP contribution in [0.25, 0.3) is 11.3 Å². The maximum Gasteiger partial charge on any atom is 0.246 e. The van der Waals surface area contributed by atoms with E-state index in [0.29, 0.717) is 15.7 Å². The van der Waals surface area contributed by atoms with E-state index in [0.717, 1.165) is 5.56 Å². The standard InChI is InChI=1S/C11H7Cl3N2O/c12-4-11(17)16-5-10(15-6-16)7-1-2-8(13)9(14)3-7/h1-3,5-6H,4H2. The van der Waals surface area contributed by atoms with Crippen LogP contribution in [0.4, 0.5) is 0 Å². The fourth-order valence-electron chi connectivity index (χ4n) is 1.33. The Balaban J connectivity index is 2.37. The monoisotopic (exact) mass is 288 g/mol. The third-order valence-corrected chi connectivity index (χ3v) is 3.17. The second kappa shape index (κ2) is 5.08. The number of alkyl halides is 1. The molecule has 0 unspecified atom stereocenters. The zero-order valence-electron chi connectivity index (χ0n) is 8.53. The Morgan fingerprint density at radius 2 is 2.06 bits per heavy atom. The van der Waals surface area contributed by atoms with Crippen LogP contribution in [-0.2, 0) is 0 Å². The van der Waals surface area contributed by atoms with Crippen molar-refractivity contribution in [2.75, 3.05) is 5.88 Å². The molecule has 0 aliphatic carbocycles. The number of carbonyl (C=O) groups excluding carboxylic acids is 1. The topological polar surface area (TPSA) is 34.9 Å². The summed E-state index contributed by atoms with van der Waals surface area (Å²) in [6.45, 7) is 0. The Morgan fingerprint density at radius 3 is 2.71 bits per heavy atom. The fourth-order valence-corrected chi connectivity index (χ4v) is 1.77. The van der Waals surface area contributed by atoms with Crippen LogP contribution in [0.2, 0.25) is 10.0 Å². The summed E-state index contributed by atoms with van der Waals surface area (Å²) in [4.78, 5) is 15.4. The summed E-state index contributed by atoms with van der Waals surface area (Å²) in [6, 6.07) is 5.16. The summed E-state index contributed by atoms with van der Waals surface area (Å²) < 4.78 is 1.34. The zero-order chi connectivity index (χ0) is 12.4. The number of rotatable bonds is 2. The molecule has 0 saturated carbocycles. The zero-order valence-corrected chi connectivity index (χ0v) is 10.8. The molecule has 2 rings (SSSR count). The van der Waals surface area contributed by atoms with Crippen molar-refractivity contribution in [3.63, 3.8) is 0 Å². The SMILES string of the molecule is O=C(CCl)n1cnc(-c2ccc(Cl)c(Cl)c2)c1. The van der Waals surface area contributed by atoms with Crippen LogP contribution < -0.4 is 0 Å². The van der Waals surface area contributed by atoms with Crippen LogP contribution in [0.3, 0.4) is 0 Å². The van der Waals surface area contributed by atoms with Gasteiger partial charge < -0.3 is 0 Å². The van der Waals surface area contributed by atoms with E-state index < -0.39 is 0 Å². The predicted molar refractivity (Wildman–Crippen MR) is 69.0 cm³/mol. The van der Waals surface area contributed by atoms with Gasteiger partial charge >= 0.3 is 0 Å². The van der Waals surface area contributed by atoms with E-state index in [1.165, 1.54) is 10.9 Å². The molecule has 0 amide bonds. The van der Waals surface area contributed by atoms with Gasteiger partial charge in [0, 0.05) is 11.8 Å². The molecule has 0 fully saturated rings. The van der Waals surface area contributed by atoms with Crippen molar-refractivity contribution in [2.24, 2.45) is 0 Å². The molecular formula is C11H7Cl3N2O. The lowest BCUT2D eigenvalue weighted by molar-refractivity contribution is 0.0940. The van der Waals surface area contributed by atoms with Crippen LogP contribution in [0.15, 0.2) is 30.7 Å². The van der Waals surface area contributed by atoms with E-state index in [4.69, 9.17) is 34.8 Å². The average molecular weight is 290 g/mol.